The van der Waals surface area contributed by atoms with Gasteiger partial charge < -0.3 is 5.32 Å². The Morgan fingerprint density at radius 2 is 2.35 bits per heavy atom. The van der Waals surface area contributed by atoms with E-state index in [0.29, 0.717) is 22.9 Å². The highest BCUT2D eigenvalue weighted by atomic mass is 79.9. The number of nitrogens with one attached hydrogen (secondary N) is 1. The van der Waals surface area contributed by atoms with Crippen LogP contribution in [-0.4, -0.2) is 30.1 Å². The molecule has 1 N–H and O–H groups in total. The fraction of sp³-hybridized carbons (Fsp3) is 0.400. The van der Waals surface area contributed by atoms with Crippen LogP contribution >= 0.6 is 15.9 Å². The summed E-state index contributed by atoms with van der Waals surface area (Å²) >= 11 is 3.16. The summed E-state index contributed by atoms with van der Waals surface area (Å²) in [4.78, 5) is 14.5. The number of hydrogen-bond donors (Lipinski definition) is 1. The molecule has 1 fully saturated rings. The van der Waals surface area contributed by atoms with Gasteiger partial charge in [0.05, 0.1) is 17.5 Å². The Balaban J connectivity index is 1.78. The first-order valence-electron chi connectivity index (χ1n) is 5.95. The number of halogens is 1. The van der Waals surface area contributed by atoms with Gasteiger partial charge in [0.2, 0.25) is 5.82 Å². The van der Waals surface area contributed by atoms with Gasteiger partial charge in [-0.05, 0) is 39.2 Å². The number of aromatic nitrogens is 5. The second-order valence-corrected chi connectivity index (χ2v) is 5.32. The van der Waals surface area contributed by atoms with Crippen LogP contribution in [0.3, 0.4) is 0 Å². The molecule has 1 saturated carbocycles. The van der Waals surface area contributed by atoms with Crippen LogP contribution in [0.15, 0.2) is 16.7 Å². The summed E-state index contributed by atoms with van der Waals surface area (Å²) < 4.78 is 2.30. The van der Waals surface area contributed by atoms with Gasteiger partial charge in [-0.3, -0.25) is 10.1 Å². The molecule has 2 aromatic rings. The van der Waals surface area contributed by atoms with Crippen LogP contribution in [0.1, 0.15) is 24.7 Å². The molecular formula is C10H10BrN7O2. The van der Waals surface area contributed by atoms with Crippen LogP contribution in [-0.2, 0) is 6.54 Å². The molecule has 1 aliphatic rings. The average molecular weight is 340 g/mol. The van der Waals surface area contributed by atoms with Crippen molar-refractivity contribution in [3.05, 3.63) is 32.7 Å². The maximum atomic E-state index is 11.0. The third kappa shape index (κ3) is 2.59. The highest BCUT2D eigenvalue weighted by Gasteiger charge is 2.27. The number of anilines is 1. The molecule has 0 atom stereocenters. The van der Waals surface area contributed by atoms with Crippen molar-refractivity contribution in [2.24, 2.45) is 0 Å². The van der Waals surface area contributed by atoms with E-state index in [4.69, 9.17) is 0 Å². The van der Waals surface area contributed by atoms with Crippen LogP contribution in [0.5, 0.6) is 0 Å². The lowest BCUT2D eigenvalue weighted by Gasteiger charge is -2.06. The van der Waals surface area contributed by atoms with Crippen molar-refractivity contribution in [1.29, 1.82) is 0 Å². The molecule has 2 heterocycles. The Morgan fingerprint density at radius 1 is 1.55 bits per heavy atom. The van der Waals surface area contributed by atoms with Crippen LogP contribution in [0.2, 0.25) is 0 Å². The summed E-state index contributed by atoms with van der Waals surface area (Å²) in [7, 11) is 0. The molecule has 10 heteroatoms. The van der Waals surface area contributed by atoms with E-state index in [1.165, 1.54) is 12.3 Å². The number of pyridine rings is 1. The van der Waals surface area contributed by atoms with Gasteiger partial charge in [0.15, 0.2) is 5.82 Å². The van der Waals surface area contributed by atoms with E-state index in [0.717, 1.165) is 12.8 Å². The fourth-order valence-electron chi connectivity index (χ4n) is 1.80. The van der Waals surface area contributed by atoms with Gasteiger partial charge in [-0.25, -0.2) is 9.67 Å². The maximum Gasteiger partial charge on any atom is 0.312 e. The number of nitro groups is 1. The third-order valence-electron chi connectivity index (χ3n) is 2.90. The predicted molar refractivity (Wildman–Crippen MR) is 72.0 cm³/mol. The predicted octanol–water partition coefficient (Wildman–Crippen LogP) is 1.69. The van der Waals surface area contributed by atoms with Crippen LogP contribution in [0.4, 0.5) is 11.5 Å². The molecule has 0 unspecified atom stereocenters. The average Bonchev–Trinajstić information content (AvgIpc) is 3.16. The van der Waals surface area contributed by atoms with Crippen molar-refractivity contribution in [3.63, 3.8) is 0 Å². The molecular weight excluding hydrogens is 330 g/mol. The molecule has 0 aromatic carbocycles. The van der Waals surface area contributed by atoms with Crippen molar-refractivity contribution in [2.75, 3.05) is 5.32 Å². The van der Waals surface area contributed by atoms with Crippen molar-refractivity contribution in [2.45, 2.75) is 25.4 Å². The van der Waals surface area contributed by atoms with E-state index in [9.17, 15) is 10.1 Å². The molecule has 3 rings (SSSR count). The van der Waals surface area contributed by atoms with Crippen molar-refractivity contribution >= 4 is 27.4 Å². The van der Waals surface area contributed by atoms with E-state index in [1.54, 1.807) is 4.68 Å². The minimum Gasteiger partial charge on any atom is -0.357 e. The summed E-state index contributed by atoms with van der Waals surface area (Å²) in [6.45, 7) is 0.291. The summed E-state index contributed by atoms with van der Waals surface area (Å²) in [5.74, 6) is 0.843. The van der Waals surface area contributed by atoms with E-state index in [2.05, 4.69) is 41.8 Å². The first-order chi connectivity index (χ1) is 9.65. The Bertz CT molecular complexity index is 655. The lowest BCUT2D eigenvalue weighted by Crippen LogP contribution is -2.10. The largest absolute Gasteiger partial charge is 0.357 e. The van der Waals surface area contributed by atoms with E-state index >= 15 is 0 Å². The molecule has 20 heavy (non-hydrogen) atoms. The van der Waals surface area contributed by atoms with Crippen LogP contribution in [0, 0.1) is 10.1 Å². The van der Waals surface area contributed by atoms with Crippen molar-refractivity contribution in [3.8, 4) is 0 Å². The van der Waals surface area contributed by atoms with Crippen LogP contribution < -0.4 is 5.32 Å². The molecule has 0 radical (unpaired) electrons. The summed E-state index contributed by atoms with van der Waals surface area (Å²) in [5, 5.41) is 25.4. The van der Waals surface area contributed by atoms with Gasteiger partial charge >= 0.3 is 5.69 Å². The zero-order chi connectivity index (χ0) is 14.1. The van der Waals surface area contributed by atoms with Gasteiger partial charge in [0.1, 0.15) is 0 Å². The van der Waals surface area contributed by atoms with E-state index in [1.807, 2.05) is 0 Å². The Labute approximate surface area is 121 Å². The minimum absolute atomic E-state index is 0.0928. The molecule has 0 bridgehead atoms. The first-order valence-corrected chi connectivity index (χ1v) is 6.75. The topological polar surface area (TPSA) is 112 Å². The van der Waals surface area contributed by atoms with Gasteiger partial charge in [-0.1, -0.05) is 0 Å². The molecule has 0 aliphatic heterocycles. The van der Waals surface area contributed by atoms with Crippen molar-refractivity contribution in [1.82, 2.24) is 25.2 Å². The SMILES string of the molecule is O=[N+]([O-])c1cc(Br)cnc1NCc1nnnn1C1CC1. The summed E-state index contributed by atoms with van der Waals surface area (Å²) in [5.41, 5.74) is -0.0928. The highest BCUT2D eigenvalue weighted by molar-refractivity contribution is 9.10. The third-order valence-corrected chi connectivity index (χ3v) is 3.33. The lowest BCUT2D eigenvalue weighted by molar-refractivity contribution is -0.384. The number of tetrazole rings is 1. The second kappa shape index (κ2) is 5.12. The lowest BCUT2D eigenvalue weighted by atomic mass is 10.4. The Hall–Kier alpha value is -2.10. The molecule has 2 aromatic heterocycles. The summed E-state index contributed by atoms with van der Waals surface area (Å²) in [6, 6.07) is 1.76. The molecule has 0 saturated heterocycles. The summed E-state index contributed by atoms with van der Waals surface area (Å²) in [6.07, 6.45) is 3.63. The number of nitrogens with zero attached hydrogens (tertiary/aromatic N) is 6. The smallest absolute Gasteiger partial charge is 0.312 e. The highest BCUT2D eigenvalue weighted by Crippen LogP contribution is 2.34. The van der Waals surface area contributed by atoms with E-state index < -0.39 is 4.92 Å². The molecule has 0 amide bonds. The minimum atomic E-state index is -0.482. The van der Waals surface area contributed by atoms with Gasteiger partial charge in [0, 0.05) is 16.7 Å². The molecule has 0 spiro atoms. The van der Waals surface area contributed by atoms with Crippen molar-refractivity contribution < 1.29 is 4.92 Å². The van der Waals surface area contributed by atoms with Crippen LogP contribution in [0.25, 0.3) is 0 Å². The zero-order valence-electron chi connectivity index (χ0n) is 10.2. The van der Waals surface area contributed by atoms with Gasteiger partial charge in [0.25, 0.3) is 0 Å². The first kappa shape index (κ1) is 12.9. The standard InChI is InChI=1S/C10H10BrN7O2/c11-6-3-8(18(19)20)10(12-4-6)13-5-9-14-15-16-17(9)7-1-2-7/h3-4,7H,1-2,5H2,(H,12,13). The Kier molecular flexibility index (Phi) is 3.30. The zero-order valence-corrected chi connectivity index (χ0v) is 11.8. The monoisotopic (exact) mass is 339 g/mol. The number of hydrogen-bond acceptors (Lipinski definition) is 7. The number of rotatable bonds is 5. The Morgan fingerprint density at radius 3 is 3.05 bits per heavy atom. The quantitative estimate of drug-likeness (QED) is 0.651. The van der Waals surface area contributed by atoms with Gasteiger partial charge in [-0.2, -0.15) is 0 Å². The van der Waals surface area contributed by atoms with Gasteiger partial charge in [-0.15, -0.1) is 5.10 Å². The second-order valence-electron chi connectivity index (χ2n) is 4.40. The molecule has 9 nitrogen and oxygen atoms in total. The maximum absolute atomic E-state index is 11.0. The van der Waals surface area contributed by atoms with E-state index in [-0.39, 0.29) is 11.5 Å². The molecule has 1 aliphatic carbocycles. The molecule has 104 valence electrons. The fourth-order valence-corrected chi connectivity index (χ4v) is 2.12. The normalized spacial score (nSPS) is 14.2.